The largest absolute Gasteiger partial charge is 0.388 e. The maximum Gasteiger partial charge on any atom is 0.0905 e. The van der Waals surface area contributed by atoms with Crippen LogP contribution in [-0.4, -0.2) is 54.4 Å². The van der Waals surface area contributed by atoms with Crippen molar-refractivity contribution in [1.29, 1.82) is 5.41 Å². The van der Waals surface area contributed by atoms with Gasteiger partial charge in [0.1, 0.15) is 0 Å². The molecule has 2 heterocycles. The average molecular weight is 224 g/mol. The Balaban J connectivity index is 1.65. The average Bonchev–Trinajstić information content (AvgIpc) is 2.85. The van der Waals surface area contributed by atoms with Gasteiger partial charge in [0, 0.05) is 19.0 Å². The monoisotopic (exact) mass is 224 g/mol. The molecule has 0 aromatic heterocycles. The van der Waals surface area contributed by atoms with Crippen LogP contribution in [0.2, 0.25) is 0 Å². The summed E-state index contributed by atoms with van der Waals surface area (Å²) in [5, 5.41) is 7.20. The van der Waals surface area contributed by atoms with Crippen molar-refractivity contribution in [3.05, 3.63) is 0 Å². The number of hydrogen-bond donors (Lipinski definition) is 2. The summed E-state index contributed by atoms with van der Waals surface area (Å²) < 4.78 is 0. The molecule has 4 heteroatoms. The van der Waals surface area contributed by atoms with Crippen LogP contribution in [-0.2, 0) is 0 Å². The summed E-state index contributed by atoms with van der Waals surface area (Å²) in [6.45, 7) is 6.21. The molecule has 0 bridgehead atoms. The minimum absolute atomic E-state index is 0.329. The van der Waals surface area contributed by atoms with Crippen LogP contribution < -0.4 is 5.73 Å². The second-order valence-electron chi connectivity index (χ2n) is 5.11. The predicted molar refractivity (Wildman–Crippen MR) is 66.8 cm³/mol. The Morgan fingerprint density at radius 3 is 2.69 bits per heavy atom. The minimum Gasteiger partial charge on any atom is -0.388 e. The third-order valence-electron chi connectivity index (χ3n) is 3.83. The van der Waals surface area contributed by atoms with Gasteiger partial charge in [-0.05, 0) is 51.9 Å². The van der Waals surface area contributed by atoms with E-state index in [4.69, 9.17) is 11.1 Å². The first kappa shape index (κ1) is 11.9. The van der Waals surface area contributed by atoms with Crippen LogP contribution in [0.3, 0.4) is 0 Å². The Morgan fingerprint density at radius 1 is 1.25 bits per heavy atom. The summed E-state index contributed by atoms with van der Waals surface area (Å²) in [5.41, 5.74) is 5.36. The lowest BCUT2D eigenvalue weighted by atomic mass is 10.2. The fourth-order valence-corrected chi connectivity index (χ4v) is 2.91. The molecule has 0 amide bonds. The number of amidine groups is 1. The Labute approximate surface area is 98.3 Å². The highest BCUT2D eigenvalue weighted by atomic mass is 15.3. The summed E-state index contributed by atoms with van der Waals surface area (Å²) >= 11 is 0. The molecule has 16 heavy (non-hydrogen) atoms. The summed E-state index contributed by atoms with van der Waals surface area (Å²) in [6, 6.07) is 0.805. The third-order valence-corrected chi connectivity index (χ3v) is 3.83. The zero-order valence-corrected chi connectivity index (χ0v) is 10.1. The number of nitrogens with one attached hydrogen (secondary N) is 1. The topological polar surface area (TPSA) is 56.4 Å². The van der Waals surface area contributed by atoms with Crippen molar-refractivity contribution >= 4 is 5.84 Å². The molecule has 92 valence electrons. The molecule has 2 aliphatic rings. The number of nitrogens with zero attached hydrogens (tertiary/aromatic N) is 2. The summed E-state index contributed by atoms with van der Waals surface area (Å²) in [6.07, 6.45) is 5.91. The fourth-order valence-electron chi connectivity index (χ4n) is 2.91. The molecule has 1 atom stereocenters. The van der Waals surface area contributed by atoms with E-state index in [9.17, 15) is 0 Å². The van der Waals surface area contributed by atoms with Crippen LogP contribution in [0, 0.1) is 5.41 Å². The maximum atomic E-state index is 7.20. The van der Waals surface area contributed by atoms with Crippen LogP contribution in [0.1, 0.15) is 32.1 Å². The van der Waals surface area contributed by atoms with E-state index in [-0.39, 0.29) is 0 Å². The molecule has 3 N–H and O–H groups in total. The van der Waals surface area contributed by atoms with Gasteiger partial charge in [-0.25, -0.2) is 0 Å². The van der Waals surface area contributed by atoms with Crippen molar-refractivity contribution in [3.63, 3.8) is 0 Å². The van der Waals surface area contributed by atoms with E-state index in [1.807, 2.05) is 0 Å². The van der Waals surface area contributed by atoms with Crippen LogP contribution in [0.4, 0.5) is 0 Å². The molecule has 0 radical (unpaired) electrons. The van der Waals surface area contributed by atoms with E-state index in [2.05, 4.69) is 9.80 Å². The zero-order chi connectivity index (χ0) is 11.4. The van der Waals surface area contributed by atoms with E-state index >= 15 is 0 Å². The summed E-state index contributed by atoms with van der Waals surface area (Å²) in [7, 11) is 0. The molecule has 2 saturated heterocycles. The van der Waals surface area contributed by atoms with Gasteiger partial charge in [0.15, 0.2) is 0 Å². The second-order valence-corrected chi connectivity index (χ2v) is 5.11. The smallest absolute Gasteiger partial charge is 0.0905 e. The molecule has 0 aromatic carbocycles. The van der Waals surface area contributed by atoms with Gasteiger partial charge in [-0.3, -0.25) is 10.3 Å². The summed E-state index contributed by atoms with van der Waals surface area (Å²) in [5.74, 6) is 0.329. The molecule has 0 saturated carbocycles. The molecular weight excluding hydrogens is 200 g/mol. The number of likely N-dealkylation sites (tertiary alicyclic amines) is 2. The van der Waals surface area contributed by atoms with Gasteiger partial charge in [0.25, 0.3) is 0 Å². The highest BCUT2D eigenvalue weighted by molar-refractivity contribution is 5.76. The first-order valence-corrected chi connectivity index (χ1v) is 6.55. The van der Waals surface area contributed by atoms with Gasteiger partial charge in [0.05, 0.1) is 5.84 Å². The Morgan fingerprint density at radius 2 is 2.00 bits per heavy atom. The normalized spacial score (nSPS) is 27.6. The number of nitrogens with two attached hydrogens (primary N) is 1. The molecule has 2 aliphatic heterocycles. The van der Waals surface area contributed by atoms with Gasteiger partial charge in [-0.1, -0.05) is 0 Å². The van der Waals surface area contributed by atoms with Gasteiger partial charge in [0.2, 0.25) is 0 Å². The van der Waals surface area contributed by atoms with Crippen LogP contribution in [0.5, 0.6) is 0 Å². The fraction of sp³-hybridized carbons (Fsp3) is 0.917. The molecule has 2 rings (SSSR count). The third kappa shape index (κ3) is 3.19. The standard InChI is InChI=1S/C12H24N4/c13-12(14)4-3-6-15-9-5-11(10-15)16-7-1-2-8-16/h11H,1-10H2,(H3,13,14). The van der Waals surface area contributed by atoms with Crippen molar-refractivity contribution in [3.8, 4) is 0 Å². The van der Waals surface area contributed by atoms with Crippen molar-refractivity contribution in [2.45, 2.75) is 38.1 Å². The van der Waals surface area contributed by atoms with E-state index in [1.165, 1.54) is 45.4 Å². The number of rotatable bonds is 5. The van der Waals surface area contributed by atoms with Crippen molar-refractivity contribution < 1.29 is 0 Å². The van der Waals surface area contributed by atoms with E-state index in [0.717, 1.165) is 25.4 Å². The van der Waals surface area contributed by atoms with E-state index in [0.29, 0.717) is 5.84 Å². The lowest BCUT2D eigenvalue weighted by molar-refractivity contribution is 0.232. The number of hydrogen-bond acceptors (Lipinski definition) is 3. The van der Waals surface area contributed by atoms with E-state index < -0.39 is 0 Å². The van der Waals surface area contributed by atoms with Gasteiger partial charge >= 0.3 is 0 Å². The summed E-state index contributed by atoms with van der Waals surface area (Å²) in [4.78, 5) is 5.19. The second kappa shape index (κ2) is 5.64. The first-order valence-electron chi connectivity index (χ1n) is 6.55. The Kier molecular flexibility index (Phi) is 4.18. The lowest BCUT2D eigenvalue weighted by Crippen LogP contribution is -2.35. The van der Waals surface area contributed by atoms with Gasteiger partial charge < -0.3 is 10.6 Å². The van der Waals surface area contributed by atoms with Gasteiger partial charge in [-0.2, -0.15) is 0 Å². The molecule has 1 unspecified atom stereocenters. The van der Waals surface area contributed by atoms with Crippen LogP contribution in [0.25, 0.3) is 0 Å². The van der Waals surface area contributed by atoms with Crippen LogP contribution >= 0.6 is 0 Å². The Hall–Kier alpha value is -0.610. The molecule has 4 nitrogen and oxygen atoms in total. The quantitative estimate of drug-likeness (QED) is 0.538. The molecule has 0 aliphatic carbocycles. The molecule has 0 aromatic rings. The molecular formula is C12H24N4. The van der Waals surface area contributed by atoms with E-state index in [1.54, 1.807) is 0 Å². The highest BCUT2D eigenvalue weighted by Gasteiger charge is 2.28. The van der Waals surface area contributed by atoms with Crippen molar-refractivity contribution in [2.75, 3.05) is 32.7 Å². The highest BCUT2D eigenvalue weighted by Crippen LogP contribution is 2.20. The first-order chi connectivity index (χ1) is 7.75. The van der Waals surface area contributed by atoms with Crippen molar-refractivity contribution in [1.82, 2.24) is 9.80 Å². The predicted octanol–water partition coefficient (Wildman–Crippen LogP) is 0.873. The van der Waals surface area contributed by atoms with Crippen LogP contribution in [0.15, 0.2) is 0 Å². The van der Waals surface area contributed by atoms with Gasteiger partial charge in [-0.15, -0.1) is 0 Å². The SMILES string of the molecule is N=C(N)CCCN1CCC(N2CCCC2)C1. The molecule has 2 fully saturated rings. The maximum absolute atomic E-state index is 7.20. The minimum atomic E-state index is 0.329. The zero-order valence-electron chi connectivity index (χ0n) is 10.1. The lowest BCUT2D eigenvalue weighted by Gasteiger charge is -2.23. The molecule has 0 spiro atoms. The Bertz CT molecular complexity index is 235. The van der Waals surface area contributed by atoms with Crippen molar-refractivity contribution in [2.24, 2.45) is 5.73 Å².